The topological polar surface area (TPSA) is 87.2 Å². The van der Waals surface area contributed by atoms with E-state index in [2.05, 4.69) is 25.7 Å². The molecule has 3 rings (SSSR count). The predicted molar refractivity (Wildman–Crippen MR) is 116 cm³/mol. The second kappa shape index (κ2) is 10.2. The van der Waals surface area contributed by atoms with Crippen LogP contribution in [-0.4, -0.2) is 46.9 Å². The number of rotatable bonds is 7. The summed E-state index contributed by atoms with van der Waals surface area (Å²) in [5, 5.41) is 15.1. The van der Waals surface area contributed by atoms with Crippen molar-refractivity contribution in [2.45, 2.75) is 37.8 Å². The van der Waals surface area contributed by atoms with E-state index >= 15 is 0 Å². The summed E-state index contributed by atoms with van der Waals surface area (Å²) in [5.74, 6) is 1.23. The largest absolute Gasteiger partial charge is 0.355 e. The van der Waals surface area contributed by atoms with Gasteiger partial charge in [0.25, 0.3) is 0 Å². The van der Waals surface area contributed by atoms with Crippen LogP contribution >= 0.6 is 11.8 Å². The quantitative estimate of drug-likeness (QED) is 0.679. The molecule has 0 bridgehead atoms. The van der Waals surface area contributed by atoms with Gasteiger partial charge >= 0.3 is 0 Å². The zero-order valence-corrected chi connectivity index (χ0v) is 17.6. The zero-order valence-electron chi connectivity index (χ0n) is 16.8. The Balaban J connectivity index is 1.44. The summed E-state index contributed by atoms with van der Waals surface area (Å²) in [6.07, 6.45) is 1.63. The van der Waals surface area contributed by atoms with Crippen molar-refractivity contribution in [2.75, 3.05) is 29.1 Å². The lowest BCUT2D eigenvalue weighted by atomic mass is 9.95. The first-order valence-electron chi connectivity index (χ1n) is 9.88. The summed E-state index contributed by atoms with van der Waals surface area (Å²) >= 11 is 1.36. The molecule has 154 valence electrons. The van der Waals surface area contributed by atoms with Gasteiger partial charge in [-0.1, -0.05) is 30.0 Å². The van der Waals surface area contributed by atoms with Gasteiger partial charge in [0.05, 0.1) is 5.75 Å². The minimum absolute atomic E-state index is 0.0690. The molecule has 2 heterocycles. The molecule has 8 heteroatoms. The third kappa shape index (κ3) is 6.45. The molecule has 2 N–H and O–H groups in total. The van der Waals surface area contributed by atoms with E-state index in [1.807, 2.05) is 56.3 Å². The molecule has 0 unspecified atom stereocenters. The maximum Gasteiger partial charge on any atom is 0.234 e. The normalized spacial score (nSPS) is 14.7. The minimum Gasteiger partial charge on any atom is -0.355 e. The number of amides is 2. The number of anilines is 2. The summed E-state index contributed by atoms with van der Waals surface area (Å²) in [6, 6.07) is 13.4. The van der Waals surface area contributed by atoms with Crippen LogP contribution in [0.3, 0.4) is 0 Å². The Bertz CT molecular complexity index is 806. The Kier molecular flexibility index (Phi) is 7.46. The molecule has 1 aliphatic rings. The molecule has 29 heavy (non-hydrogen) atoms. The Morgan fingerprint density at radius 1 is 1.10 bits per heavy atom. The van der Waals surface area contributed by atoms with E-state index in [1.54, 1.807) is 0 Å². The number of carbonyl (C=O) groups is 2. The molecule has 2 amide bonds. The molecule has 1 aromatic heterocycles. The molecule has 7 nitrogen and oxygen atoms in total. The van der Waals surface area contributed by atoms with Gasteiger partial charge in [0.2, 0.25) is 11.8 Å². The van der Waals surface area contributed by atoms with Crippen LogP contribution in [0.2, 0.25) is 0 Å². The minimum atomic E-state index is -0.0752. The number of carbonyl (C=O) groups excluding carboxylic acids is 2. The Labute approximate surface area is 175 Å². The third-order valence-corrected chi connectivity index (χ3v) is 5.58. The molecular formula is C21H27N5O2S. The number of thioether (sulfide) groups is 1. The maximum absolute atomic E-state index is 12.1. The van der Waals surface area contributed by atoms with Crippen molar-refractivity contribution in [1.29, 1.82) is 0 Å². The highest BCUT2D eigenvalue weighted by Crippen LogP contribution is 2.23. The van der Waals surface area contributed by atoms with Crippen LogP contribution in [0, 0.1) is 5.92 Å². The fourth-order valence-corrected chi connectivity index (χ4v) is 3.80. The number of benzene rings is 1. The molecule has 0 aliphatic carbocycles. The first-order chi connectivity index (χ1) is 14.0. The van der Waals surface area contributed by atoms with Crippen LogP contribution in [0.5, 0.6) is 0 Å². The highest BCUT2D eigenvalue weighted by atomic mass is 32.2. The number of nitrogens with one attached hydrogen (secondary N) is 2. The van der Waals surface area contributed by atoms with Crippen molar-refractivity contribution in [3.8, 4) is 0 Å². The van der Waals surface area contributed by atoms with Crippen molar-refractivity contribution in [3.05, 3.63) is 42.5 Å². The van der Waals surface area contributed by atoms with E-state index < -0.39 is 0 Å². The van der Waals surface area contributed by atoms with Crippen molar-refractivity contribution < 1.29 is 9.59 Å². The fraction of sp³-hybridized carbons (Fsp3) is 0.429. The van der Waals surface area contributed by atoms with Gasteiger partial charge in [-0.2, -0.15) is 0 Å². The van der Waals surface area contributed by atoms with Gasteiger partial charge in [-0.3, -0.25) is 9.59 Å². The average Bonchev–Trinajstić information content (AvgIpc) is 2.73. The Morgan fingerprint density at radius 3 is 2.45 bits per heavy atom. The highest BCUT2D eigenvalue weighted by molar-refractivity contribution is 7.99. The van der Waals surface area contributed by atoms with Crippen LogP contribution in [0.25, 0.3) is 0 Å². The van der Waals surface area contributed by atoms with E-state index in [4.69, 9.17) is 0 Å². The standard InChI is InChI=1S/C21H27N5O2S/c1-15(2)22-21(28)16-10-12-26(13-11-16)18-8-9-20(25-24-18)29-14-19(27)23-17-6-4-3-5-7-17/h3-9,15-16H,10-14H2,1-2H3,(H,22,28)(H,23,27). The summed E-state index contributed by atoms with van der Waals surface area (Å²) in [5.41, 5.74) is 0.782. The van der Waals surface area contributed by atoms with Crippen LogP contribution in [0.15, 0.2) is 47.5 Å². The van der Waals surface area contributed by atoms with Crippen LogP contribution in [-0.2, 0) is 9.59 Å². The average molecular weight is 414 g/mol. The number of hydrogen-bond donors (Lipinski definition) is 2. The van der Waals surface area contributed by atoms with Crippen molar-refractivity contribution in [2.24, 2.45) is 5.92 Å². The Hall–Kier alpha value is -2.61. The molecule has 1 fully saturated rings. The van der Waals surface area contributed by atoms with Gasteiger partial charge in [-0.15, -0.1) is 10.2 Å². The van der Waals surface area contributed by atoms with Crippen molar-refractivity contribution in [3.63, 3.8) is 0 Å². The van der Waals surface area contributed by atoms with Gasteiger partial charge in [0.1, 0.15) is 5.03 Å². The fourth-order valence-electron chi connectivity index (χ4n) is 3.19. The molecule has 0 saturated carbocycles. The third-order valence-electron chi connectivity index (χ3n) is 4.66. The van der Waals surface area contributed by atoms with Gasteiger partial charge in [0, 0.05) is 30.7 Å². The number of piperidine rings is 1. The molecule has 0 spiro atoms. The highest BCUT2D eigenvalue weighted by Gasteiger charge is 2.26. The van der Waals surface area contributed by atoms with Gasteiger partial charge in [-0.05, 0) is 51.0 Å². The van der Waals surface area contributed by atoms with Crippen LogP contribution in [0.4, 0.5) is 11.5 Å². The van der Waals surface area contributed by atoms with Crippen molar-refractivity contribution >= 4 is 35.1 Å². The monoisotopic (exact) mass is 413 g/mol. The first-order valence-corrected chi connectivity index (χ1v) is 10.9. The van der Waals surface area contributed by atoms with E-state index in [0.29, 0.717) is 5.03 Å². The van der Waals surface area contributed by atoms with Crippen LogP contribution < -0.4 is 15.5 Å². The molecule has 1 aliphatic heterocycles. The summed E-state index contributed by atoms with van der Waals surface area (Å²) in [4.78, 5) is 26.3. The number of nitrogens with zero attached hydrogens (tertiary/aromatic N) is 3. The van der Waals surface area contributed by atoms with E-state index in [0.717, 1.165) is 37.4 Å². The van der Waals surface area contributed by atoms with E-state index in [-0.39, 0.29) is 29.5 Å². The Morgan fingerprint density at radius 2 is 1.83 bits per heavy atom. The van der Waals surface area contributed by atoms with E-state index in [9.17, 15) is 9.59 Å². The first kappa shape index (κ1) is 21.1. The number of para-hydroxylation sites is 1. The molecule has 0 radical (unpaired) electrons. The lowest BCUT2D eigenvalue weighted by molar-refractivity contribution is -0.126. The molecule has 1 saturated heterocycles. The second-order valence-electron chi connectivity index (χ2n) is 7.36. The molecule has 0 atom stereocenters. The SMILES string of the molecule is CC(C)NC(=O)C1CCN(c2ccc(SCC(=O)Nc3ccccc3)nn2)CC1. The summed E-state index contributed by atoms with van der Waals surface area (Å²) in [6.45, 7) is 5.54. The summed E-state index contributed by atoms with van der Waals surface area (Å²) < 4.78 is 0. The smallest absolute Gasteiger partial charge is 0.234 e. The summed E-state index contributed by atoms with van der Waals surface area (Å²) in [7, 11) is 0. The molecule has 1 aromatic carbocycles. The number of aromatic nitrogens is 2. The predicted octanol–water partition coefficient (Wildman–Crippen LogP) is 2.95. The van der Waals surface area contributed by atoms with Gasteiger partial charge in [0.15, 0.2) is 5.82 Å². The maximum atomic E-state index is 12.1. The molecule has 2 aromatic rings. The number of hydrogen-bond acceptors (Lipinski definition) is 6. The van der Waals surface area contributed by atoms with Crippen molar-refractivity contribution in [1.82, 2.24) is 15.5 Å². The van der Waals surface area contributed by atoms with Crippen LogP contribution in [0.1, 0.15) is 26.7 Å². The second-order valence-corrected chi connectivity index (χ2v) is 8.35. The van der Waals surface area contributed by atoms with E-state index in [1.165, 1.54) is 11.8 Å². The zero-order chi connectivity index (χ0) is 20.6. The molecular weight excluding hydrogens is 386 g/mol. The van der Waals surface area contributed by atoms with Gasteiger partial charge in [-0.25, -0.2) is 0 Å². The van der Waals surface area contributed by atoms with Gasteiger partial charge < -0.3 is 15.5 Å². The lowest BCUT2D eigenvalue weighted by Crippen LogP contribution is -2.42. The lowest BCUT2D eigenvalue weighted by Gasteiger charge is -2.32.